The van der Waals surface area contributed by atoms with Crippen molar-refractivity contribution in [1.82, 2.24) is 0 Å². The van der Waals surface area contributed by atoms with Gasteiger partial charge in [0.2, 0.25) is 0 Å². The molecule has 0 saturated heterocycles. The Hall–Kier alpha value is -1.09. The molecule has 0 radical (unpaired) electrons. The Labute approximate surface area is 104 Å². The molecule has 1 aromatic carbocycles. The minimum absolute atomic E-state index is 0.0292. The molecule has 17 heavy (non-hydrogen) atoms. The summed E-state index contributed by atoms with van der Waals surface area (Å²) in [6.45, 7) is 8.36. The molecular weight excluding hydrogens is 215 g/mol. The second-order valence-electron chi connectivity index (χ2n) is 5.22. The molecule has 0 aliphatic carbocycles. The molecule has 0 unspecified atom stereocenters. The van der Waals surface area contributed by atoms with Crippen LogP contribution < -0.4 is 10.6 Å². The second kappa shape index (κ2) is 5.05. The summed E-state index contributed by atoms with van der Waals surface area (Å²) in [5, 5.41) is 0. The molecule has 1 atom stereocenters. The zero-order valence-electron chi connectivity index (χ0n) is 11.4. The summed E-state index contributed by atoms with van der Waals surface area (Å²) in [5.41, 5.74) is 7.81. The molecule has 0 aliphatic rings. The molecule has 96 valence electrons. The van der Waals surface area contributed by atoms with E-state index in [9.17, 15) is 4.39 Å². The monoisotopic (exact) mass is 238 g/mol. The largest absolute Gasteiger partial charge is 0.369 e. The summed E-state index contributed by atoms with van der Waals surface area (Å²) in [4.78, 5) is 2.17. The van der Waals surface area contributed by atoms with Crippen molar-refractivity contribution in [1.29, 1.82) is 0 Å². The van der Waals surface area contributed by atoms with Crippen molar-refractivity contribution in [3.63, 3.8) is 0 Å². The summed E-state index contributed by atoms with van der Waals surface area (Å²) in [6, 6.07) is 4.66. The average molecular weight is 238 g/mol. The second-order valence-corrected chi connectivity index (χ2v) is 5.22. The van der Waals surface area contributed by atoms with Crippen LogP contribution in [0.15, 0.2) is 18.2 Å². The Morgan fingerprint density at radius 1 is 1.41 bits per heavy atom. The van der Waals surface area contributed by atoms with Crippen LogP contribution in [0.1, 0.15) is 45.7 Å². The molecule has 0 amide bonds. The Bertz CT molecular complexity index is 386. The Kier molecular flexibility index (Phi) is 4.15. The van der Waals surface area contributed by atoms with E-state index in [2.05, 4.69) is 25.7 Å². The predicted octanol–water partition coefficient (Wildman–Crippen LogP) is 3.47. The van der Waals surface area contributed by atoms with Crippen molar-refractivity contribution >= 4 is 5.69 Å². The van der Waals surface area contributed by atoms with Gasteiger partial charge < -0.3 is 10.6 Å². The lowest BCUT2D eigenvalue weighted by Crippen LogP contribution is -2.41. The highest BCUT2D eigenvalue weighted by atomic mass is 19.1. The first kappa shape index (κ1) is 14.0. The van der Waals surface area contributed by atoms with Crippen molar-refractivity contribution in [2.75, 3.05) is 11.9 Å². The maximum atomic E-state index is 13.3. The third kappa shape index (κ3) is 2.97. The number of hydrogen-bond donors (Lipinski definition) is 1. The molecule has 0 bridgehead atoms. The van der Waals surface area contributed by atoms with Gasteiger partial charge in [0.25, 0.3) is 0 Å². The smallest absolute Gasteiger partial charge is 0.123 e. The lowest BCUT2D eigenvalue weighted by molar-refractivity contribution is 0.468. The fourth-order valence-corrected chi connectivity index (χ4v) is 1.76. The van der Waals surface area contributed by atoms with E-state index in [1.54, 1.807) is 0 Å². The normalized spacial score (nSPS) is 13.6. The van der Waals surface area contributed by atoms with E-state index in [0.29, 0.717) is 0 Å². The molecule has 0 saturated carbocycles. The summed E-state index contributed by atoms with van der Waals surface area (Å²) in [7, 11) is 2.03. The van der Waals surface area contributed by atoms with Gasteiger partial charge in [-0.3, -0.25) is 0 Å². The minimum atomic E-state index is -0.233. The summed E-state index contributed by atoms with van der Waals surface area (Å²) < 4.78 is 13.3. The molecule has 0 aliphatic heterocycles. The van der Waals surface area contributed by atoms with Gasteiger partial charge in [0.1, 0.15) is 5.82 Å². The van der Waals surface area contributed by atoms with Crippen LogP contribution in [0.5, 0.6) is 0 Å². The maximum Gasteiger partial charge on any atom is 0.123 e. The van der Waals surface area contributed by atoms with Gasteiger partial charge in [-0.05, 0) is 51.0 Å². The molecule has 2 N–H and O–H groups in total. The van der Waals surface area contributed by atoms with Crippen LogP contribution in [0.4, 0.5) is 10.1 Å². The van der Waals surface area contributed by atoms with Gasteiger partial charge >= 0.3 is 0 Å². The highest BCUT2D eigenvalue weighted by Gasteiger charge is 2.24. The minimum Gasteiger partial charge on any atom is -0.369 e. The van der Waals surface area contributed by atoms with E-state index in [4.69, 9.17) is 5.73 Å². The number of hydrogen-bond acceptors (Lipinski definition) is 2. The number of anilines is 1. The van der Waals surface area contributed by atoms with Gasteiger partial charge in [-0.1, -0.05) is 6.92 Å². The number of benzene rings is 1. The summed E-state index contributed by atoms with van der Waals surface area (Å²) in [5.74, 6) is -0.233. The molecule has 0 spiro atoms. The number of halogens is 1. The molecule has 0 heterocycles. The Morgan fingerprint density at radius 3 is 2.47 bits per heavy atom. The van der Waals surface area contributed by atoms with E-state index in [0.717, 1.165) is 17.7 Å². The van der Waals surface area contributed by atoms with E-state index in [1.807, 2.05) is 20.0 Å². The van der Waals surface area contributed by atoms with Crippen LogP contribution in [-0.4, -0.2) is 12.6 Å². The van der Waals surface area contributed by atoms with Crippen LogP contribution >= 0.6 is 0 Å². The molecule has 2 nitrogen and oxygen atoms in total. The van der Waals surface area contributed by atoms with E-state index in [1.165, 1.54) is 12.1 Å². The molecule has 1 rings (SSSR count). The fraction of sp³-hybridized carbons (Fsp3) is 0.571. The third-order valence-electron chi connectivity index (χ3n) is 3.61. The quantitative estimate of drug-likeness (QED) is 0.870. The molecule has 3 heteroatoms. The maximum absolute atomic E-state index is 13.3. The van der Waals surface area contributed by atoms with Crippen molar-refractivity contribution in [2.24, 2.45) is 5.73 Å². The van der Waals surface area contributed by atoms with Crippen molar-refractivity contribution in [3.8, 4) is 0 Å². The van der Waals surface area contributed by atoms with Crippen molar-refractivity contribution in [2.45, 2.75) is 45.7 Å². The zero-order valence-corrected chi connectivity index (χ0v) is 11.4. The summed E-state index contributed by atoms with van der Waals surface area (Å²) in [6.07, 6.45) is 1.01. The Balaban J connectivity index is 3.22. The number of rotatable bonds is 4. The lowest BCUT2D eigenvalue weighted by Gasteiger charge is -2.38. The first-order chi connectivity index (χ1) is 7.79. The summed E-state index contributed by atoms with van der Waals surface area (Å²) >= 11 is 0. The highest BCUT2D eigenvalue weighted by molar-refractivity contribution is 5.56. The SMILES string of the molecule is CCC(C)(C)N(C)c1ccc(F)cc1[C@@H](C)N. The van der Waals surface area contributed by atoms with Gasteiger partial charge in [0.05, 0.1) is 0 Å². The standard InChI is InChI=1S/C14H23FN2/c1-6-14(3,4)17(5)13-8-7-11(15)9-12(13)10(2)16/h7-10H,6,16H2,1-5H3/t10-/m1/s1. The number of nitrogens with two attached hydrogens (primary N) is 1. The van der Waals surface area contributed by atoms with Crippen LogP contribution in [0.2, 0.25) is 0 Å². The van der Waals surface area contributed by atoms with Gasteiger partial charge in [-0.15, -0.1) is 0 Å². The first-order valence-corrected chi connectivity index (χ1v) is 6.08. The van der Waals surface area contributed by atoms with Crippen LogP contribution in [-0.2, 0) is 0 Å². The van der Waals surface area contributed by atoms with Crippen molar-refractivity contribution in [3.05, 3.63) is 29.6 Å². The number of nitrogens with zero attached hydrogens (tertiary/aromatic N) is 1. The van der Waals surface area contributed by atoms with E-state index >= 15 is 0 Å². The van der Waals surface area contributed by atoms with Crippen LogP contribution in [0, 0.1) is 5.82 Å². The van der Waals surface area contributed by atoms with Crippen molar-refractivity contribution < 1.29 is 4.39 Å². The fourth-order valence-electron chi connectivity index (χ4n) is 1.76. The Morgan fingerprint density at radius 2 is 2.00 bits per heavy atom. The highest BCUT2D eigenvalue weighted by Crippen LogP contribution is 2.31. The van der Waals surface area contributed by atoms with E-state index in [-0.39, 0.29) is 17.4 Å². The van der Waals surface area contributed by atoms with E-state index < -0.39 is 0 Å². The predicted molar refractivity (Wildman–Crippen MR) is 71.8 cm³/mol. The lowest BCUT2D eigenvalue weighted by atomic mass is 9.96. The first-order valence-electron chi connectivity index (χ1n) is 6.08. The molecule has 1 aromatic rings. The van der Waals surface area contributed by atoms with Crippen LogP contribution in [0.25, 0.3) is 0 Å². The average Bonchev–Trinajstić information content (AvgIpc) is 2.28. The third-order valence-corrected chi connectivity index (χ3v) is 3.61. The van der Waals surface area contributed by atoms with Gasteiger partial charge in [0, 0.05) is 24.3 Å². The molecular formula is C14H23FN2. The topological polar surface area (TPSA) is 29.3 Å². The zero-order chi connectivity index (χ0) is 13.2. The molecule has 0 aromatic heterocycles. The van der Waals surface area contributed by atoms with Gasteiger partial charge in [0.15, 0.2) is 0 Å². The molecule has 0 fully saturated rings. The van der Waals surface area contributed by atoms with Gasteiger partial charge in [-0.25, -0.2) is 4.39 Å². The van der Waals surface area contributed by atoms with Gasteiger partial charge in [-0.2, -0.15) is 0 Å². The van der Waals surface area contributed by atoms with Crippen LogP contribution in [0.3, 0.4) is 0 Å².